The van der Waals surface area contributed by atoms with Crippen molar-refractivity contribution in [2.45, 2.75) is 13.0 Å². The molecule has 4 aromatic rings. The molecule has 1 aromatic carbocycles. The zero-order valence-electron chi connectivity index (χ0n) is 15.8. The van der Waals surface area contributed by atoms with Gasteiger partial charge in [0, 0.05) is 55.6 Å². The molecule has 0 amide bonds. The van der Waals surface area contributed by atoms with Gasteiger partial charge in [-0.25, -0.2) is 4.98 Å². The average molecular weight is 370 g/mol. The van der Waals surface area contributed by atoms with Crippen molar-refractivity contribution in [1.29, 1.82) is 0 Å². The van der Waals surface area contributed by atoms with E-state index >= 15 is 0 Å². The van der Waals surface area contributed by atoms with E-state index in [0.717, 1.165) is 48.7 Å². The Balaban J connectivity index is 1.36. The average Bonchev–Trinajstić information content (AvgIpc) is 3.33. The van der Waals surface area contributed by atoms with Crippen molar-refractivity contribution in [1.82, 2.24) is 29.9 Å². The fraction of sp³-hybridized carbons (Fsp3) is 0.227. The van der Waals surface area contributed by atoms with Crippen molar-refractivity contribution in [2.24, 2.45) is 7.05 Å². The van der Waals surface area contributed by atoms with Gasteiger partial charge in [-0.05, 0) is 24.1 Å². The maximum Gasteiger partial charge on any atom is 0.137 e. The van der Waals surface area contributed by atoms with E-state index in [-0.39, 0.29) is 0 Å². The fourth-order valence-corrected chi connectivity index (χ4v) is 3.91. The summed E-state index contributed by atoms with van der Waals surface area (Å²) in [5.41, 5.74) is 6.86. The van der Waals surface area contributed by atoms with E-state index in [1.54, 1.807) is 0 Å². The van der Waals surface area contributed by atoms with Crippen LogP contribution >= 0.6 is 0 Å². The Morgan fingerprint density at radius 2 is 2.00 bits per heavy atom. The summed E-state index contributed by atoms with van der Waals surface area (Å²) in [5.74, 6) is 0. The molecule has 140 valence electrons. The number of benzene rings is 1. The number of fused-ring (bicyclic) bond motifs is 1. The van der Waals surface area contributed by atoms with Crippen LogP contribution in [0.25, 0.3) is 27.9 Å². The highest BCUT2D eigenvalue weighted by Gasteiger charge is 2.20. The first kappa shape index (κ1) is 16.9. The second-order valence-corrected chi connectivity index (χ2v) is 7.19. The monoisotopic (exact) mass is 370 g/mol. The molecule has 0 aliphatic carbocycles. The molecule has 3 aromatic heterocycles. The molecule has 6 nitrogen and oxygen atoms in total. The molecule has 0 saturated carbocycles. The maximum absolute atomic E-state index is 4.40. The highest BCUT2D eigenvalue weighted by Crippen LogP contribution is 2.29. The lowest BCUT2D eigenvalue weighted by Crippen LogP contribution is -2.29. The lowest BCUT2D eigenvalue weighted by atomic mass is 9.99. The predicted molar refractivity (Wildman–Crippen MR) is 110 cm³/mol. The predicted octanol–water partition coefficient (Wildman–Crippen LogP) is 3.65. The van der Waals surface area contributed by atoms with Gasteiger partial charge in [0.05, 0.1) is 5.69 Å². The molecule has 5 rings (SSSR count). The van der Waals surface area contributed by atoms with Crippen molar-refractivity contribution >= 4 is 16.6 Å². The van der Waals surface area contributed by atoms with Crippen LogP contribution in [0, 0.1) is 0 Å². The largest absolute Gasteiger partial charge is 0.346 e. The minimum Gasteiger partial charge on any atom is -0.346 e. The Hall–Kier alpha value is -3.25. The fourth-order valence-electron chi connectivity index (χ4n) is 3.91. The summed E-state index contributed by atoms with van der Waals surface area (Å²) in [6, 6.07) is 14.4. The van der Waals surface area contributed by atoms with Gasteiger partial charge in [0.15, 0.2) is 0 Å². The highest BCUT2D eigenvalue weighted by atomic mass is 15.4. The van der Waals surface area contributed by atoms with Crippen LogP contribution in [0.4, 0.5) is 0 Å². The first-order valence-corrected chi connectivity index (χ1v) is 9.57. The summed E-state index contributed by atoms with van der Waals surface area (Å²) in [6.07, 6.45) is 7.27. The Bertz CT molecular complexity index is 1140. The molecular formula is C22H22N6. The second kappa shape index (κ2) is 7.05. The summed E-state index contributed by atoms with van der Waals surface area (Å²) in [7, 11) is 1.97. The molecule has 28 heavy (non-hydrogen) atoms. The summed E-state index contributed by atoms with van der Waals surface area (Å²) in [6.45, 7) is 2.77. The summed E-state index contributed by atoms with van der Waals surface area (Å²) >= 11 is 0. The molecule has 0 bridgehead atoms. The standard InChI is InChI=1S/C22H22N6/c1-27-20(21(25-26-27)17-6-3-2-4-7-17)15-28-12-9-16(10-13-28)19-14-24-22-18(19)8-5-11-23-22/h2-9,11,14H,10,12-13,15H2,1H3,(H,23,24). The number of H-pyrrole nitrogens is 1. The number of hydrogen-bond donors (Lipinski definition) is 1. The third kappa shape index (κ3) is 3.01. The molecule has 6 heteroatoms. The van der Waals surface area contributed by atoms with E-state index in [9.17, 15) is 0 Å². The molecule has 0 radical (unpaired) electrons. The van der Waals surface area contributed by atoms with E-state index in [1.165, 1.54) is 16.5 Å². The van der Waals surface area contributed by atoms with Gasteiger partial charge in [0.25, 0.3) is 0 Å². The van der Waals surface area contributed by atoms with Crippen LogP contribution in [0.3, 0.4) is 0 Å². The number of aromatic nitrogens is 5. The molecule has 1 aliphatic heterocycles. The van der Waals surface area contributed by atoms with Crippen molar-refractivity contribution in [2.75, 3.05) is 13.1 Å². The Labute approximate surface area is 163 Å². The van der Waals surface area contributed by atoms with E-state index in [0.29, 0.717) is 0 Å². The number of pyridine rings is 1. The Morgan fingerprint density at radius 3 is 2.82 bits per heavy atom. The number of aromatic amines is 1. The zero-order valence-corrected chi connectivity index (χ0v) is 15.8. The van der Waals surface area contributed by atoms with Crippen LogP contribution in [0.1, 0.15) is 17.7 Å². The number of nitrogens with one attached hydrogen (secondary N) is 1. The zero-order chi connectivity index (χ0) is 18.9. The second-order valence-electron chi connectivity index (χ2n) is 7.19. The lowest BCUT2D eigenvalue weighted by molar-refractivity contribution is 0.286. The van der Waals surface area contributed by atoms with Gasteiger partial charge in [-0.1, -0.05) is 41.6 Å². The van der Waals surface area contributed by atoms with E-state index < -0.39 is 0 Å². The number of rotatable bonds is 4. The van der Waals surface area contributed by atoms with Crippen LogP contribution in [0.15, 0.2) is 60.9 Å². The molecule has 0 unspecified atom stereocenters. The maximum atomic E-state index is 4.40. The summed E-state index contributed by atoms with van der Waals surface area (Å²) in [4.78, 5) is 10.1. The first-order valence-electron chi connectivity index (χ1n) is 9.57. The summed E-state index contributed by atoms with van der Waals surface area (Å²) < 4.78 is 1.90. The molecule has 0 saturated heterocycles. The summed E-state index contributed by atoms with van der Waals surface area (Å²) in [5, 5.41) is 9.86. The quantitative estimate of drug-likeness (QED) is 0.596. The van der Waals surface area contributed by atoms with Gasteiger partial charge in [-0.15, -0.1) is 5.10 Å². The number of nitrogens with zero attached hydrogens (tertiary/aromatic N) is 5. The smallest absolute Gasteiger partial charge is 0.137 e. The number of hydrogen-bond acceptors (Lipinski definition) is 4. The van der Waals surface area contributed by atoms with Gasteiger partial charge in [0.2, 0.25) is 0 Å². The number of aryl methyl sites for hydroxylation is 1. The van der Waals surface area contributed by atoms with Gasteiger partial charge < -0.3 is 4.98 Å². The molecular weight excluding hydrogens is 348 g/mol. The normalized spacial score (nSPS) is 15.1. The van der Waals surface area contributed by atoms with E-state index in [2.05, 4.69) is 55.7 Å². The van der Waals surface area contributed by atoms with Crippen molar-refractivity contribution in [3.63, 3.8) is 0 Å². The van der Waals surface area contributed by atoms with Crippen LogP contribution in [-0.4, -0.2) is 43.0 Å². The minimum atomic E-state index is 0.840. The van der Waals surface area contributed by atoms with Crippen LogP contribution in [-0.2, 0) is 13.6 Å². The topological polar surface area (TPSA) is 62.6 Å². The first-order chi connectivity index (χ1) is 13.8. The van der Waals surface area contributed by atoms with Gasteiger partial charge >= 0.3 is 0 Å². The minimum absolute atomic E-state index is 0.840. The van der Waals surface area contributed by atoms with Crippen molar-refractivity contribution < 1.29 is 0 Å². The molecule has 1 N–H and O–H groups in total. The molecule has 0 fully saturated rings. The molecule has 0 spiro atoms. The van der Waals surface area contributed by atoms with E-state index in [1.807, 2.05) is 42.2 Å². The van der Waals surface area contributed by atoms with E-state index in [4.69, 9.17) is 0 Å². The van der Waals surface area contributed by atoms with Crippen LogP contribution in [0.5, 0.6) is 0 Å². The van der Waals surface area contributed by atoms with Gasteiger partial charge in [0.1, 0.15) is 11.3 Å². The SMILES string of the molecule is Cn1nnc(-c2ccccc2)c1CN1CC=C(c2c[nH]c3ncccc23)CC1. The Kier molecular flexibility index (Phi) is 4.25. The van der Waals surface area contributed by atoms with Crippen molar-refractivity contribution in [3.8, 4) is 11.3 Å². The third-order valence-corrected chi connectivity index (χ3v) is 5.45. The van der Waals surface area contributed by atoms with Gasteiger partial charge in [-0.2, -0.15) is 0 Å². The van der Waals surface area contributed by atoms with Crippen LogP contribution in [0.2, 0.25) is 0 Å². The highest BCUT2D eigenvalue weighted by molar-refractivity contribution is 5.90. The Morgan fingerprint density at radius 1 is 1.11 bits per heavy atom. The molecule has 4 heterocycles. The molecule has 0 atom stereocenters. The van der Waals surface area contributed by atoms with Crippen LogP contribution < -0.4 is 0 Å². The third-order valence-electron chi connectivity index (χ3n) is 5.45. The van der Waals surface area contributed by atoms with Gasteiger partial charge in [-0.3, -0.25) is 9.58 Å². The van der Waals surface area contributed by atoms with Crippen molar-refractivity contribution in [3.05, 3.63) is 72.2 Å². The molecule has 1 aliphatic rings. The lowest BCUT2D eigenvalue weighted by Gasteiger charge is -2.26.